The monoisotopic (exact) mass is 382 g/mol. The first-order valence-corrected chi connectivity index (χ1v) is 7.54. The van der Waals surface area contributed by atoms with Crippen LogP contribution in [-0.2, 0) is 11.0 Å². The van der Waals surface area contributed by atoms with Crippen LogP contribution in [0.15, 0.2) is 42.5 Å². The predicted molar refractivity (Wildman–Crippen MR) is 88.9 cm³/mol. The average molecular weight is 382 g/mol. The highest BCUT2D eigenvalue weighted by Crippen LogP contribution is 2.38. The predicted octanol–water partition coefficient (Wildman–Crippen LogP) is 4.16. The highest BCUT2D eigenvalue weighted by molar-refractivity contribution is 5.97. The Morgan fingerprint density at radius 2 is 1.85 bits per heavy atom. The Bertz CT molecular complexity index is 872. The summed E-state index contributed by atoms with van der Waals surface area (Å²) in [6.45, 7) is 7.38. The van der Waals surface area contributed by atoms with Crippen LogP contribution in [0.1, 0.15) is 12.5 Å². The molecule has 2 N–H and O–H groups in total. The van der Waals surface area contributed by atoms with Crippen molar-refractivity contribution in [2.24, 2.45) is 0 Å². The van der Waals surface area contributed by atoms with Gasteiger partial charge in [0.15, 0.2) is 11.3 Å². The molecule has 0 aliphatic carbocycles. The maximum absolute atomic E-state index is 13.0. The van der Waals surface area contributed by atoms with Crippen LogP contribution in [0, 0.1) is 12.4 Å². The van der Waals surface area contributed by atoms with Crippen molar-refractivity contribution in [1.82, 2.24) is 0 Å². The zero-order chi connectivity index (χ0) is 20.2. The summed E-state index contributed by atoms with van der Waals surface area (Å²) in [5.74, 6) is -1.30. The van der Waals surface area contributed by atoms with E-state index in [1.165, 1.54) is 12.1 Å². The molecule has 0 spiro atoms. The minimum atomic E-state index is -4.77. The molecular weight excluding hydrogens is 368 g/mol. The number of nitrogens with zero attached hydrogens (tertiary/aromatic N) is 1. The third-order valence-electron chi connectivity index (χ3n) is 3.50. The van der Waals surface area contributed by atoms with Crippen molar-refractivity contribution in [2.45, 2.75) is 18.7 Å². The van der Waals surface area contributed by atoms with E-state index in [0.29, 0.717) is 6.07 Å². The molecule has 1 atom stereocenters. The maximum Gasteiger partial charge on any atom is 0.407 e. The first-order chi connectivity index (χ1) is 12.5. The molecule has 0 aliphatic rings. The van der Waals surface area contributed by atoms with Crippen molar-refractivity contribution in [3.63, 3.8) is 0 Å². The van der Waals surface area contributed by atoms with E-state index in [4.69, 9.17) is 11.3 Å². The van der Waals surface area contributed by atoms with E-state index < -0.39 is 41.4 Å². The van der Waals surface area contributed by atoms with Gasteiger partial charge in [0.1, 0.15) is 18.2 Å². The molecule has 142 valence electrons. The molecule has 0 heterocycles. The summed E-state index contributed by atoms with van der Waals surface area (Å²) >= 11 is 0. The maximum atomic E-state index is 13.0. The Labute approximate surface area is 152 Å². The molecule has 0 aromatic heterocycles. The SMILES string of the molecule is [C-]#[N+]c1ccc(NC(=O)[C@@](C)(O)COc2ccc(F)cc2)cc1C(F)(F)F. The van der Waals surface area contributed by atoms with Gasteiger partial charge in [-0.05, 0) is 43.3 Å². The Hall–Kier alpha value is -3.12. The Balaban J connectivity index is 2.11. The molecule has 0 aliphatic heterocycles. The fraction of sp³-hybridized carbons (Fsp3) is 0.222. The van der Waals surface area contributed by atoms with Gasteiger partial charge in [0.2, 0.25) is 0 Å². The van der Waals surface area contributed by atoms with Crippen LogP contribution in [0.4, 0.5) is 28.9 Å². The number of rotatable bonds is 5. The molecule has 0 unspecified atom stereocenters. The Morgan fingerprint density at radius 3 is 2.41 bits per heavy atom. The number of hydrogen-bond donors (Lipinski definition) is 2. The molecular formula is C18H14F4N2O3. The minimum absolute atomic E-state index is 0.199. The number of anilines is 1. The van der Waals surface area contributed by atoms with Crippen LogP contribution in [0.5, 0.6) is 5.75 Å². The van der Waals surface area contributed by atoms with Gasteiger partial charge in [-0.2, -0.15) is 13.2 Å². The van der Waals surface area contributed by atoms with Crippen LogP contribution < -0.4 is 10.1 Å². The largest absolute Gasteiger partial charge is 0.490 e. The van der Waals surface area contributed by atoms with E-state index in [1.54, 1.807) is 0 Å². The van der Waals surface area contributed by atoms with Gasteiger partial charge in [-0.15, -0.1) is 0 Å². The second-order valence-electron chi connectivity index (χ2n) is 5.81. The summed E-state index contributed by atoms with van der Waals surface area (Å²) < 4.78 is 57.0. The number of hydrogen-bond acceptors (Lipinski definition) is 3. The first kappa shape index (κ1) is 20.2. The molecule has 0 bridgehead atoms. The van der Waals surface area contributed by atoms with Crippen molar-refractivity contribution < 1.29 is 32.2 Å². The molecule has 2 aromatic carbocycles. The fourth-order valence-electron chi connectivity index (χ4n) is 2.02. The van der Waals surface area contributed by atoms with Crippen LogP contribution >= 0.6 is 0 Å². The molecule has 2 rings (SSSR count). The van der Waals surface area contributed by atoms with Crippen molar-refractivity contribution in [1.29, 1.82) is 0 Å². The number of halogens is 4. The topological polar surface area (TPSA) is 62.9 Å². The van der Waals surface area contributed by atoms with Gasteiger partial charge in [-0.25, -0.2) is 9.24 Å². The summed E-state index contributed by atoms with van der Waals surface area (Å²) in [5.41, 5.74) is -4.11. The molecule has 2 aromatic rings. The summed E-state index contributed by atoms with van der Waals surface area (Å²) in [4.78, 5) is 15.0. The summed E-state index contributed by atoms with van der Waals surface area (Å²) in [5, 5.41) is 12.4. The Kier molecular flexibility index (Phi) is 5.71. The van der Waals surface area contributed by atoms with Crippen LogP contribution in [0.25, 0.3) is 4.85 Å². The lowest BCUT2D eigenvalue weighted by molar-refractivity contribution is -0.137. The standard InChI is InChI=1S/C18H14F4N2O3/c1-17(26,10-27-13-6-3-11(19)4-7-13)16(25)24-12-5-8-15(23-2)14(9-12)18(20,21)22/h3-9,26H,10H2,1H3,(H,24,25)/t17-/m0/s1. The van der Waals surface area contributed by atoms with Gasteiger partial charge in [-0.1, -0.05) is 6.07 Å². The molecule has 1 amide bonds. The number of carbonyl (C=O) groups excluding carboxylic acids is 1. The minimum Gasteiger partial charge on any atom is -0.490 e. The molecule has 9 heteroatoms. The van der Waals surface area contributed by atoms with Gasteiger partial charge in [0.25, 0.3) is 5.91 Å². The van der Waals surface area contributed by atoms with Gasteiger partial charge in [0, 0.05) is 5.69 Å². The van der Waals surface area contributed by atoms with Crippen molar-refractivity contribution in [3.05, 3.63) is 65.3 Å². The van der Waals surface area contributed by atoms with Crippen molar-refractivity contribution >= 4 is 17.3 Å². The van der Waals surface area contributed by atoms with Crippen LogP contribution in [-0.4, -0.2) is 23.2 Å². The van der Waals surface area contributed by atoms with E-state index in [-0.39, 0.29) is 11.4 Å². The number of ether oxygens (including phenoxy) is 1. The van der Waals surface area contributed by atoms with E-state index in [1.807, 2.05) is 0 Å². The average Bonchev–Trinajstić information content (AvgIpc) is 2.60. The zero-order valence-electron chi connectivity index (χ0n) is 14.0. The number of nitrogens with one attached hydrogen (secondary N) is 1. The van der Waals surface area contributed by atoms with E-state index in [9.17, 15) is 27.5 Å². The highest BCUT2D eigenvalue weighted by Gasteiger charge is 2.35. The number of alkyl halides is 3. The fourth-order valence-corrected chi connectivity index (χ4v) is 2.02. The lowest BCUT2D eigenvalue weighted by atomic mass is 10.1. The summed E-state index contributed by atoms with van der Waals surface area (Å²) in [7, 11) is 0. The smallest absolute Gasteiger partial charge is 0.407 e. The van der Waals surface area contributed by atoms with Crippen molar-refractivity contribution in [3.8, 4) is 5.75 Å². The van der Waals surface area contributed by atoms with Gasteiger partial charge >= 0.3 is 6.18 Å². The molecule has 0 fully saturated rings. The molecule has 27 heavy (non-hydrogen) atoms. The number of amides is 1. The molecule has 0 saturated carbocycles. The summed E-state index contributed by atoms with van der Waals surface area (Å²) in [6.07, 6.45) is -4.77. The molecule has 5 nitrogen and oxygen atoms in total. The lowest BCUT2D eigenvalue weighted by Gasteiger charge is -2.23. The molecule has 0 radical (unpaired) electrons. The van der Waals surface area contributed by atoms with E-state index in [2.05, 4.69) is 10.2 Å². The van der Waals surface area contributed by atoms with Crippen LogP contribution in [0.2, 0.25) is 0 Å². The van der Waals surface area contributed by atoms with E-state index >= 15 is 0 Å². The highest BCUT2D eigenvalue weighted by atomic mass is 19.4. The van der Waals surface area contributed by atoms with Crippen molar-refractivity contribution in [2.75, 3.05) is 11.9 Å². The van der Waals surface area contributed by atoms with Gasteiger partial charge in [0.05, 0.1) is 12.1 Å². The molecule has 0 saturated heterocycles. The second-order valence-corrected chi connectivity index (χ2v) is 5.81. The first-order valence-electron chi connectivity index (χ1n) is 7.54. The zero-order valence-corrected chi connectivity index (χ0v) is 14.0. The normalized spacial score (nSPS) is 13.4. The summed E-state index contributed by atoms with van der Waals surface area (Å²) in [6, 6.07) is 7.50. The van der Waals surface area contributed by atoms with Crippen LogP contribution in [0.3, 0.4) is 0 Å². The number of aliphatic hydroxyl groups is 1. The van der Waals surface area contributed by atoms with E-state index in [0.717, 1.165) is 31.2 Å². The third-order valence-corrected chi connectivity index (χ3v) is 3.50. The van der Waals surface area contributed by atoms with Gasteiger partial charge < -0.3 is 15.2 Å². The lowest BCUT2D eigenvalue weighted by Crippen LogP contribution is -2.45. The third kappa shape index (κ3) is 5.18. The number of benzene rings is 2. The second kappa shape index (κ2) is 7.63. The Morgan fingerprint density at radius 1 is 1.22 bits per heavy atom. The quantitative estimate of drug-likeness (QED) is 0.603. The number of carbonyl (C=O) groups is 1. The van der Waals surface area contributed by atoms with Gasteiger partial charge in [-0.3, -0.25) is 4.79 Å².